The summed E-state index contributed by atoms with van der Waals surface area (Å²) in [6, 6.07) is 17.6. The third-order valence-corrected chi connectivity index (χ3v) is 4.30. The van der Waals surface area contributed by atoms with Gasteiger partial charge in [-0.25, -0.2) is 0 Å². The number of hydrogen-bond donors (Lipinski definition) is 1. The molecule has 0 radical (unpaired) electrons. The van der Waals surface area contributed by atoms with Crippen LogP contribution < -0.4 is 10.1 Å². The molecule has 1 amide bonds. The van der Waals surface area contributed by atoms with Gasteiger partial charge in [0.25, 0.3) is 0 Å². The number of carbonyl (C=O) groups is 1. The molecule has 0 spiro atoms. The lowest BCUT2D eigenvalue weighted by molar-refractivity contribution is -0.121. The molecule has 1 aromatic heterocycles. The third kappa shape index (κ3) is 5.17. The van der Waals surface area contributed by atoms with Crippen molar-refractivity contribution < 1.29 is 13.9 Å². The predicted molar refractivity (Wildman–Crippen MR) is 102 cm³/mol. The van der Waals surface area contributed by atoms with E-state index in [-0.39, 0.29) is 18.2 Å². The van der Waals surface area contributed by atoms with E-state index >= 15 is 0 Å². The van der Waals surface area contributed by atoms with Crippen LogP contribution in [0.4, 0.5) is 0 Å². The van der Waals surface area contributed by atoms with Crippen LogP contribution >= 0.6 is 0 Å². The summed E-state index contributed by atoms with van der Waals surface area (Å²) in [6.07, 6.45) is 0.988. The number of hydrogen-bond acceptors (Lipinski definition) is 5. The Morgan fingerprint density at radius 3 is 2.67 bits per heavy atom. The fourth-order valence-electron chi connectivity index (χ4n) is 2.92. The maximum Gasteiger partial charge on any atom is 0.224 e. The molecule has 1 heterocycles. The summed E-state index contributed by atoms with van der Waals surface area (Å²) >= 11 is 0. The maximum atomic E-state index is 12.5. The third-order valence-electron chi connectivity index (χ3n) is 4.30. The van der Waals surface area contributed by atoms with Crippen molar-refractivity contribution in [3.63, 3.8) is 0 Å². The predicted octanol–water partition coefficient (Wildman–Crippen LogP) is 3.27. The molecule has 6 heteroatoms. The summed E-state index contributed by atoms with van der Waals surface area (Å²) in [5, 5.41) is 11.0. The van der Waals surface area contributed by atoms with E-state index in [0.717, 1.165) is 23.3 Å². The second-order valence-electron chi connectivity index (χ2n) is 6.28. The van der Waals surface area contributed by atoms with Crippen molar-refractivity contribution in [3.8, 4) is 5.75 Å². The monoisotopic (exact) mass is 365 g/mol. The topological polar surface area (TPSA) is 77.2 Å². The number of aryl methyl sites for hydroxylation is 1. The molecule has 1 N–H and O–H groups in total. The molecular formula is C21H23N3O3. The molecule has 0 aliphatic carbocycles. The number of nitrogens with zero attached hydrogens (tertiary/aromatic N) is 2. The van der Waals surface area contributed by atoms with Crippen LogP contribution in [-0.4, -0.2) is 29.8 Å². The van der Waals surface area contributed by atoms with E-state index < -0.39 is 0 Å². The molecule has 1 unspecified atom stereocenters. The Bertz CT molecular complexity index is 877. The molecule has 27 heavy (non-hydrogen) atoms. The average molecular weight is 365 g/mol. The molecule has 0 aliphatic rings. The normalized spacial score (nSPS) is 11.8. The second-order valence-corrected chi connectivity index (χ2v) is 6.28. The van der Waals surface area contributed by atoms with Crippen molar-refractivity contribution in [1.29, 1.82) is 0 Å². The first-order valence-electron chi connectivity index (χ1n) is 8.90. The molecule has 0 bridgehead atoms. The van der Waals surface area contributed by atoms with E-state index in [2.05, 4.69) is 15.5 Å². The van der Waals surface area contributed by atoms with E-state index in [9.17, 15) is 4.79 Å². The highest BCUT2D eigenvalue weighted by Gasteiger charge is 2.23. The average Bonchev–Trinajstić information content (AvgIpc) is 3.13. The Kier molecular flexibility index (Phi) is 6.20. The van der Waals surface area contributed by atoms with Crippen molar-refractivity contribution in [2.45, 2.75) is 25.7 Å². The second kappa shape index (κ2) is 8.98. The lowest BCUT2D eigenvalue weighted by atomic mass is 9.95. The van der Waals surface area contributed by atoms with Gasteiger partial charge in [-0.05, 0) is 29.7 Å². The van der Waals surface area contributed by atoms with Crippen molar-refractivity contribution in [2.75, 3.05) is 13.7 Å². The van der Waals surface area contributed by atoms with Crippen LogP contribution in [0.1, 0.15) is 35.2 Å². The van der Waals surface area contributed by atoms with Crippen molar-refractivity contribution in [1.82, 2.24) is 15.5 Å². The number of benzene rings is 2. The molecule has 0 aliphatic heterocycles. The van der Waals surface area contributed by atoms with Gasteiger partial charge < -0.3 is 14.5 Å². The van der Waals surface area contributed by atoms with E-state index in [1.807, 2.05) is 54.6 Å². The van der Waals surface area contributed by atoms with Crippen molar-refractivity contribution in [3.05, 3.63) is 77.5 Å². The zero-order valence-corrected chi connectivity index (χ0v) is 15.5. The van der Waals surface area contributed by atoms with Gasteiger partial charge in [-0.3, -0.25) is 4.79 Å². The largest absolute Gasteiger partial charge is 0.497 e. The van der Waals surface area contributed by atoms with E-state index in [4.69, 9.17) is 9.15 Å². The Hall–Kier alpha value is -3.15. The van der Waals surface area contributed by atoms with Crippen molar-refractivity contribution in [2.24, 2.45) is 0 Å². The Morgan fingerprint density at radius 1 is 1.15 bits per heavy atom. The number of ether oxygens (including phenoxy) is 1. The van der Waals surface area contributed by atoms with Crippen LogP contribution in [0.25, 0.3) is 0 Å². The molecule has 3 aromatic rings. The quantitative estimate of drug-likeness (QED) is 0.663. The highest BCUT2D eigenvalue weighted by Crippen LogP contribution is 2.26. The lowest BCUT2D eigenvalue weighted by Crippen LogP contribution is -2.27. The fraction of sp³-hybridized carbons (Fsp3) is 0.286. The zero-order chi connectivity index (χ0) is 19.1. The van der Waals surface area contributed by atoms with Gasteiger partial charge in [-0.15, -0.1) is 10.2 Å². The molecule has 140 valence electrons. The standard InChI is InChI=1S/C21H23N3O3/c1-15-23-24-21(27-15)19(17-8-4-3-5-9-17)14-20(25)22-12-11-16-7-6-10-18(13-16)26-2/h3-10,13,19H,11-12,14H2,1-2H3,(H,22,25). The molecule has 1 atom stereocenters. The Morgan fingerprint density at radius 2 is 1.96 bits per heavy atom. The molecule has 6 nitrogen and oxygen atoms in total. The SMILES string of the molecule is COc1cccc(CCNC(=O)CC(c2ccccc2)c2nnc(C)o2)c1. The number of amides is 1. The minimum Gasteiger partial charge on any atom is -0.497 e. The fourth-order valence-corrected chi connectivity index (χ4v) is 2.92. The highest BCUT2D eigenvalue weighted by atomic mass is 16.5. The maximum absolute atomic E-state index is 12.5. The highest BCUT2D eigenvalue weighted by molar-refractivity contribution is 5.77. The van der Waals surface area contributed by atoms with Crippen LogP contribution in [0.5, 0.6) is 5.75 Å². The molecule has 2 aromatic carbocycles. The van der Waals surface area contributed by atoms with Gasteiger partial charge in [0.15, 0.2) is 0 Å². The zero-order valence-electron chi connectivity index (χ0n) is 15.5. The Labute approximate surface area is 158 Å². The number of aromatic nitrogens is 2. The Balaban J connectivity index is 1.61. The summed E-state index contributed by atoms with van der Waals surface area (Å²) in [7, 11) is 1.64. The summed E-state index contributed by atoms with van der Waals surface area (Å²) in [5.74, 6) is 1.45. The molecule has 0 saturated carbocycles. The number of nitrogens with one attached hydrogen (secondary N) is 1. The summed E-state index contributed by atoms with van der Waals surface area (Å²) in [4.78, 5) is 12.5. The summed E-state index contributed by atoms with van der Waals surface area (Å²) in [6.45, 7) is 2.29. The molecule has 0 saturated heterocycles. The number of methoxy groups -OCH3 is 1. The first-order chi connectivity index (χ1) is 13.2. The lowest BCUT2D eigenvalue weighted by Gasteiger charge is -2.14. The smallest absolute Gasteiger partial charge is 0.224 e. The van der Waals surface area contributed by atoms with Crippen molar-refractivity contribution >= 4 is 5.91 Å². The minimum absolute atomic E-state index is 0.0531. The molecular weight excluding hydrogens is 342 g/mol. The van der Waals surface area contributed by atoms with Gasteiger partial charge in [-0.1, -0.05) is 42.5 Å². The first-order valence-corrected chi connectivity index (χ1v) is 8.90. The van der Waals surface area contributed by atoms with Gasteiger partial charge in [-0.2, -0.15) is 0 Å². The minimum atomic E-state index is -0.260. The molecule has 0 fully saturated rings. The summed E-state index contributed by atoms with van der Waals surface area (Å²) < 4.78 is 10.8. The first kappa shape index (κ1) is 18.6. The van der Waals surface area contributed by atoms with Gasteiger partial charge in [0.05, 0.1) is 13.0 Å². The van der Waals surface area contributed by atoms with E-state index in [1.54, 1.807) is 14.0 Å². The summed E-state index contributed by atoms with van der Waals surface area (Å²) in [5.41, 5.74) is 2.09. The van der Waals surface area contributed by atoms with Crippen LogP contribution in [0.3, 0.4) is 0 Å². The van der Waals surface area contributed by atoms with Crippen LogP contribution in [0.2, 0.25) is 0 Å². The van der Waals surface area contributed by atoms with Crippen LogP contribution in [-0.2, 0) is 11.2 Å². The number of carbonyl (C=O) groups excluding carboxylic acids is 1. The van der Waals surface area contributed by atoms with Gasteiger partial charge in [0.1, 0.15) is 5.75 Å². The number of rotatable bonds is 8. The van der Waals surface area contributed by atoms with Gasteiger partial charge in [0, 0.05) is 19.9 Å². The molecule has 3 rings (SSSR count). The van der Waals surface area contributed by atoms with E-state index in [0.29, 0.717) is 18.3 Å². The van der Waals surface area contributed by atoms with Gasteiger partial charge >= 0.3 is 0 Å². The van der Waals surface area contributed by atoms with Crippen LogP contribution in [0.15, 0.2) is 59.0 Å². The van der Waals surface area contributed by atoms with Gasteiger partial charge in [0.2, 0.25) is 17.7 Å². The van der Waals surface area contributed by atoms with E-state index in [1.165, 1.54) is 0 Å². The van der Waals surface area contributed by atoms with Crippen LogP contribution in [0, 0.1) is 6.92 Å².